The molecular weight excluding hydrogens is 200 g/mol. The van der Waals surface area contributed by atoms with Crippen LogP contribution in [0.4, 0.5) is 5.69 Å². The summed E-state index contributed by atoms with van der Waals surface area (Å²) in [5, 5.41) is 0. The zero-order chi connectivity index (χ0) is 11.7. The number of H-pyrrole nitrogens is 1. The van der Waals surface area contributed by atoms with Gasteiger partial charge in [-0.1, -0.05) is 23.8 Å². The van der Waals surface area contributed by atoms with Crippen LogP contribution in [0.1, 0.15) is 11.1 Å². The van der Waals surface area contributed by atoms with Crippen molar-refractivity contribution in [2.45, 2.75) is 13.8 Å². The summed E-state index contributed by atoms with van der Waals surface area (Å²) >= 11 is 0. The molecule has 1 aromatic heterocycles. The van der Waals surface area contributed by atoms with Gasteiger partial charge in [-0.3, -0.25) is 4.79 Å². The van der Waals surface area contributed by atoms with Crippen LogP contribution in [0.15, 0.2) is 35.3 Å². The maximum Gasteiger partial charge on any atom is 0.271 e. The highest BCUT2D eigenvalue weighted by Crippen LogP contribution is 2.24. The lowest BCUT2D eigenvalue weighted by Crippen LogP contribution is -2.10. The molecule has 0 aliphatic carbocycles. The molecule has 0 aliphatic heterocycles. The molecule has 0 fully saturated rings. The molecule has 0 amide bonds. The number of anilines is 1. The third-order valence-corrected chi connectivity index (χ3v) is 2.64. The average Bonchev–Trinajstić information content (AvgIpc) is 2.26. The first kappa shape index (κ1) is 10.5. The van der Waals surface area contributed by atoms with Crippen LogP contribution in [0.5, 0.6) is 0 Å². The number of aromatic nitrogens is 1. The molecule has 0 unspecified atom stereocenters. The van der Waals surface area contributed by atoms with E-state index in [9.17, 15) is 4.79 Å². The van der Waals surface area contributed by atoms with Crippen LogP contribution in [0, 0.1) is 13.8 Å². The number of nitrogens with two attached hydrogens (primary N) is 1. The second-order valence-electron chi connectivity index (χ2n) is 3.99. The Morgan fingerprint density at radius 3 is 2.62 bits per heavy atom. The van der Waals surface area contributed by atoms with Crippen molar-refractivity contribution in [1.29, 1.82) is 0 Å². The van der Waals surface area contributed by atoms with Gasteiger partial charge in [-0.2, -0.15) is 0 Å². The molecule has 82 valence electrons. The van der Waals surface area contributed by atoms with Gasteiger partial charge in [-0.25, -0.2) is 0 Å². The van der Waals surface area contributed by atoms with Gasteiger partial charge in [-0.15, -0.1) is 0 Å². The zero-order valence-corrected chi connectivity index (χ0v) is 9.37. The molecule has 0 saturated carbocycles. The Hall–Kier alpha value is -2.03. The molecule has 16 heavy (non-hydrogen) atoms. The maximum atomic E-state index is 11.2. The number of pyridine rings is 1. The van der Waals surface area contributed by atoms with Crippen molar-refractivity contribution < 1.29 is 0 Å². The fraction of sp³-hybridized carbons (Fsp3) is 0.154. The van der Waals surface area contributed by atoms with Crippen LogP contribution >= 0.6 is 0 Å². The topological polar surface area (TPSA) is 58.9 Å². The fourth-order valence-corrected chi connectivity index (χ4v) is 1.70. The standard InChI is InChI=1S/C13H14N2O/c1-8-3-4-9(2)11(5-8)10-6-12(14)13(16)15-7-10/h3-7H,14H2,1-2H3,(H,15,16). The zero-order valence-electron chi connectivity index (χ0n) is 9.37. The quantitative estimate of drug-likeness (QED) is 0.764. The highest BCUT2D eigenvalue weighted by molar-refractivity contribution is 5.69. The number of hydrogen-bond acceptors (Lipinski definition) is 2. The Morgan fingerprint density at radius 1 is 1.19 bits per heavy atom. The molecule has 0 bridgehead atoms. The first-order valence-corrected chi connectivity index (χ1v) is 5.14. The van der Waals surface area contributed by atoms with E-state index in [-0.39, 0.29) is 11.2 Å². The number of aryl methyl sites for hydroxylation is 2. The molecule has 2 aromatic rings. The average molecular weight is 214 g/mol. The first-order valence-electron chi connectivity index (χ1n) is 5.14. The summed E-state index contributed by atoms with van der Waals surface area (Å²) in [6.45, 7) is 4.08. The number of benzene rings is 1. The van der Waals surface area contributed by atoms with Crippen molar-refractivity contribution in [3.05, 3.63) is 51.9 Å². The minimum Gasteiger partial charge on any atom is -0.394 e. The van der Waals surface area contributed by atoms with Gasteiger partial charge in [0, 0.05) is 11.8 Å². The Labute approximate surface area is 93.9 Å². The van der Waals surface area contributed by atoms with Gasteiger partial charge >= 0.3 is 0 Å². The molecule has 0 spiro atoms. The Morgan fingerprint density at radius 2 is 1.94 bits per heavy atom. The number of nitrogen functional groups attached to an aromatic ring is 1. The van der Waals surface area contributed by atoms with Crippen LogP contribution in [-0.2, 0) is 0 Å². The summed E-state index contributed by atoms with van der Waals surface area (Å²) < 4.78 is 0. The summed E-state index contributed by atoms with van der Waals surface area (Å²) in [4.78, 5) is 13.8. The summed E-state index contributed by atoms with van der Waals surface area (Å²) in [5.41, 5.74) is 10.0. The highest BCUT2D eigenvalue weighted by atomic mass is 16.1. The molecule has 0 aliphatic rings. The molecular formula is C13H14N2O. The van der Waals surface area contributed by atoms with Gasteiger partial charge in [0.05, 0.1) is 5.69 Å². The minimum atomic E-state index is -0.242. The SMILES string of the molecule is Cc1ccc(C)c(-c2c[nH]c(=O)c(N)c2)c1. The monoisotopic (exact) mass is 214 g/mol. The summed E-state index contributed by atoms with van der Waals surface area (Å²) in [5.74, 6) is 0. The summed E-state index contributed by atoms with van der Waals surface area (Å²) in [7, 11) is 0. The number of hydrogen-bond donors (Lipinski definition) is 2. The normalized spacial score (nSPS) is 10.4. The molecule has 3 heteroatoms. The predicted octanol–water partition coefficient (Wildman–Crippen LogP) is 2.24. The van der Waals surface area contributed by atoms with E-state index in [1.165, 1.54) is 5.56 Å². The van der Waals surface area contributed by atoms with Crippen molar-refractivity contribution in [2.24, 2.45) is 0 Å². The van der Waals surface area contributed by atoms with Crippen LogP contribution in [0.25, 0.3) is 11.1 Å². The molecule has 0 saturated heterocycles. The van der Waals surface area contributed by atoms with Gasteiger partial charge in [0.2, 0.25) is 0 Å². The van der Waals surface area contributed by atoms with Crippen LogP contribution in [0.3, 0.4) is 0 Å². The lowest BCUT2D eigenvalue weighted by atomic mass is 10.00. The second kappa shape index (κ2) is 3.85. The molecule has 0 atom stereocenters. The fourth-order valence-electron chi connectivity index (χ4n) is 1.70. The Bertz CT molecular complexity index is 585. The Balaban J connectivity index is 2.62. The third-order valence-electron chi connectivity index (χ3n) is 2.64. The molecule has 0 radical (unpaired) electrons. The van der Waals surface area contributed by atoms with E-state index < -0.39 is 0 Å². The van der Waals surface area contributed by atoms with Gasteiger partial charge in [-0.05, 0) is 31.0 Å². The molecule has 1 heterocycles. The second-order valence-corrected chi connectivity index (χ2v) is 3.99. The summed E-state index contributed by atoms with van der Waals surface area (Å²) in [6.07, 6.45) is 1.69. The smallest absolute Gasteiger partial charge is 0.271 e. The highest BCUT2D eigenvalue weighted by Gasteiger charge is 2.04. The molecule has 1 aromatic carbocycles. The van der Waals surface area contributed by atoms with E-state index >= 15 is 0 Å². The first-order chi connectivity index (χ1) is 7.58. The van der Waals surface area contributed by atoms with Gasteiger partial charge in [0.25, 0.3) is 5.56 Å². The maximum absolute atomic E-state index is 11.2. The van der Waals surface area contributed by atoms with Crippen molar-refractivity contribution >= 4 is 5.69 Å². The molecule has 3 nitrogen and oxygen atoms in total. The molecule has 3 N–H and O–H groups in total. The van der Waals surface area contributed by atoms with Crippen LogP contribution in [0.2, 0.25) is 0 Å². The van der Waals surface area contributed by atoms with Crippen molar-refractivity contribution in [3.8, 4) is 11.1 Å². The largest absolute Gasteiger partial charge is 0.394 e. The van der Waals surface area contributed by atoms with Crippen LogP contribution < -0.4 is 11.3 Å². The van der Waals surface area contributed by atoms with Gasteiger partial charge < -0.3 is 10.7 Å². The van der Waals surface area contributed by atoms with E-state index in [1.807, 2.05) is 13.8 Å². The van der Waals surface area contributed by atoms with Gasteiger partial charge in [0.15, 0.2) is 0 Å². The number of rotatable bonds is 1. The van der Waals surface area contributed by atoms with Crippen molar-refractivity contribution in [3.63, 3.8) is 0 Å². The lowest BCUT2D eigenvalue weighted by molar-refractivity contribution is 1.24. The van der Waals surface area contributed by atoms with E-state index in [2.05, 4.69) is 23.2 Å². The number of aromatic amines is 1. The van der Waals surface area contributed by atoms with E-state index in [1.54, 1.807) is 12.3 Å². The lowest BCUT2D eigenvalue weighted by Gasteiger charge is -2.07. The predicted molar refractivity (Wildman–Crippen MR) is 66.4 cm³/mol. The van der Waals surface area contributed by atoms with E-state index in [0.29, 0.717) is 0 Å². The van der Waals surface area contributed by atoms with E-state index in [4.69, 9.17) is 5.73 Å². The van der Waals surface area contributed by atoms with E-state index in [0.717, 1.165) is 16.7 Å². The van der Waals surface area contributed by atoms with Crippen molar-refractivity contribution in [2.75, 3.05) is 5.73 Å². The minimum absolute atomic E-state index is 0.242. The number of nitrogens with one attached hydrogen (secondary N) is 1. The Kier molecular flexibility index (Phi) is 2.52. The summed E-state index contributed by atoms with van der Waals surface area (Å²) in [6, 6.07) is 7.92. The molecule has 2 rings (SSSR count). The van der Waals surface area contributed by atoms with Gasteiger partial charge in [0.1, 0.15) is 0 Å². The van der Waals surface area contributed by atoms with Crippen LogP contribution in [-0.4, -0.2) is 4.98 Å². The van der Waals surface area contributed by atoms with Crippen molar-refractivity contribution in [1.82, 2.24) is 4.98 Å². The third kappa shape index (κ3) is 1.84.